The number of hydrogen-bond acceptors (Lipinski definition) is 4. The van der Waals surface area contributed by atoms with Crippen LogP contribution in [0, 0.1) is 0 Å². The van der Waals surface area contributed by atoms with Crippen molar-refractivity contribution in [1.82, 2.24) is 10.2 Å². The van der Waals surface area contributed by atoms with E-state index in [1.54, 1.807) is 12.1 Å². The van der Waals surface area contributed by atoms with Crippen molar-refractivity contribution in [2.24, 2.45) is 0 Å². The number of aromatic nitrogens is 2. The Bertz CT molecular complexity index is 1030. The van der Waals surface area contributed by atoms with Crippen LogP contribution in [0.15, 0.2) is 60.7 Å². The zero-order valence-corrected chi connectivity index (χ0v) is 16.7. The number of hydrogen-bond donors (Lipinski definition) is 1. The zero-order valence-electron chi connectivity index (χ0n) is 16.7. The van der Waals surface area contributed by atoms with Gasteiger partial charge in [0, 0.05) is 29.9 Å². The third-order valence-corrected chi connectivity index (χ3v) is 5.24. The van der Waals surface area contributed by atoms with Crippen LogP contribution in [0.5, 0.6) is 0 Å². The van der Waals surface area contributed by atoms with Crippen molar-refractivity contribution in [2.45, 2.75) is 25.4 Å². The molecule has 1 aliphatic rings. The predicted molar refractivity (Wildman–Crippen MR) is 113 cm³/mol. The SMILES string of the molecule is O=C(Nc1ccc(-c2ccc(N3CCCCC3)nn2)cc1)c1ccc(C(F)(F)F)cc1. The van der Waals surface area contributed by atoms with Gasteiger partial charge in [-0.2, -0.15) is 13.2 Å². The van der Waals surface area contributed by atoms with Gasteiger partial charge in [0.2, 0.25) is 0 Å². The lowest BCUT2D eigenvalue weighted by atomic mass is 10.1. The first kappa shape index (κ1) is 20.8. The lowest BCUT2D eigenvalue weighted by molar-refractivity contribution is -0.137. The summed E-state index contributed by atoms with van der Waals surface area (Å²) in [5.41, 5.74) is 1.47. The maximum absolute atomic E-state index is 12.6. The third-order valence-electron chi connectivity index (χ3n) is 5.24. The number of halogens is 3. The Balaban J connectivity index is 1.40. The van der Waals surface area contributed by atoms with Crippen molar-refractivity contribution < 1.29 is 18.0 Å². The Kier molecular flexibility index (Phi) is 5.88. The fourth-order valence-corrected chi connectivity index (χ4v) is 3.51. The van der Waals surface area contributed by atoms with Gasteiger partial charge >= 0.3 is 6.18 Å². The highest BCUT2D eigenvalue weighted by molar-refractivity contribution is 6.04. The van der Waals surface area contributed by atoms with Crippen LogP contribution in [0.2, 0.25) is 0 Å². The Morgan fingerprint density at radius 3 is 2.10 bits per heavy atom. The smallest absolute Gasteiger partial charge is 0.355 e. The second-order valence-corrected chi connectivity index (χ2v) is 7.43. The molecular formula is C23H21F3N4O. The number of anilines is 2. The molecule has 160 valence electrons. The van der Waals surface area contributed by atoms with Gasteiger partial charge in [-0.25, -0.2) is 0 Å². The Morgan fingerprint density at radius 2 is 1.52 bits per heavy atom. The summed E-state index contributed by atoms with van der Waals surface area (Å²) in [6.45, 7) is 2.00. The van der Waals surface area contributed by atoms with Crippen LogP contribution in [-0.4, -0.2) is 29.2 Å². The summed E-state index contributed by atoms with van der Waals surface area (Å²) < 4.78 is 37.9. The minimum Gasteiger partial charge on any atom is -0.355 e. The average Bonchev–Trinajstić information content (AvgIpc) is 2.80. The van der Waals surface area contributed by atoms with Crippen LogP contribution in [0.25, 0.3) is 11.3 Å². The quantitative estimate of drug-likeness (QED) is 0.607. The summed E-state index contributed by atoms with van der Waals surface area (Å²) in [7, 11) is 0. The van der Waals surface area contributed by atoms with Crippen molar-refractivity contribution in [3.63, 3.8) is 0 Å². The fourth-order valence-electron chi connectivity index (χ4n) is 3.51. The van der Waals surface area contributed by atoms with Crippen LogP contribution in [0.3, 0.4) is 0 Å². The van der Waals surface area contributed by atoms with Gasteiger partial charge in [0.15, 0.2) is 5.82 Å². The molecule has 0 radical (unpaired) electrons. The van der Waals surface area contributed by atoms with E-state index in [2.05, 4.69) is 20.4 Å². The van der Waals surface area contributed by atoms with Gasteiger partial charge in [-0.3, -0.25) is 4.79 Å². The van der Waals surface area contributed by atoms with Gasteiger partial charge in [0.25, 0.3) is 5.91 Å². The Labute approximate surface area is 177 Å². The van der Waals surface area contributed by atoms with Crippen LogP contribution in [0.1, 0.15) is 35.2 Å². The summed E-state index contributed by atoms with van der Waals surface area (Å²) in [6, 6.07) is 15.1. The standard InChI is InChI=1S/C23H21F3N4O/c24-23(25,26)18-8-4-17(5-9-18)22(31)27-19-10-6-16(7-11-19)20-12-13-21(29-28-20)30-14-2-1-3-15-30/h4-13H,1-3,14-15H2,(H,27,31). The Morgan fingerprint density at radius 1 is 0.839 bits per heavy atom. The van der Waals surface area contributed by atoms with Gasteiger partial charge in [-0.1, -0.05) is 12.1 Å². The molecule has 1 N–H and O–H groups in total. The van der Waals surface area contributed by atoms with Gasteiger partial charge < -0.3 is 10.2 Å². The lowest BCUT2D eigenvalue weighted by Crippen LogP contribution is -2.30. The maximum atomic E-state index is 12.6. The summed E-state index contributed by atoms with van der Waals surface area (Å²) in [4.78, 5) is 14.5. The second-order valence-electron chi connectivity index (χ2n) is 7.43. The second kappa shape index (κ2) is 8.75. The van der Waals surface area contributed by atoms with E-state index in [1.165, 1.54) is 19.3 Å². The highest BCUT2D eigenvalue weighted by atomic mass is 19.4. The number of amides is 1. The van der Waals surface area contributed by atoms with E-state index in [0.717, 1.165) is 54.4 Å². The van der Waals surface area contributed by atoms with Gasteiger partial charge in [-0.05, 0) is 67.8 Å². The fraction of sp³-hybridized carbons (Fsp3) is 0.261. The molecule has 0 aliphatic carbocycles. The van der Waals surface area contributed by atoms with E-state index in [4.69, 9.17) is 0 Å². The molecule has 4 rings (SSSR count). The average molecular weight is 426 g/mol. The van der Waals surface area contributed by atoms with Gasteiger partial charge in [0.1, 0.15) is 0 Å². The summed E-state index contributed by atoms with van der Waals surface area (Å²) in [5.74, 6) is 0.399. The van der Waals surface area contributed by atoms with Crippen LogP contribution in [0.4, 0.5) is 24.7 Å². The first-order valence-corrected chi connectivity index (χ1v) is 10.1. The molecular weight excluding hydrogens is 405 g/mol. The molecule has 0 bridgehead atoms. The van der Waals surface area contributed by atoms with E-state index < -0.39 is 17.6 Å². The summed E-state index contributed by atoms with van der Waals surface area (Å²) in [5, 5.41) is 11.3. The Hall–Kier alpha value is -3.42. The first-order chi connectivity index (χ1) is 14.9. The van der Waals surface area contributed by atoms with E-state index in [9.17, 15) is 18.0 Å². The molecule has 1 saturated heterocycles. The van der Waals surface area contributed by atoms with Crippen molar-refractivity contribution in [1.29, 1.82) is 0 Å². The van der Waals surface area contributed by atoms with Crippen molar-refractivity contribution in [3.05, 3.63) is 71.8 Å². The topological polar surface area (TPSA) is 58.1 Å². The largest absolute Gasteiger partial charge is 0.416 e. The minimum atomic E-state index is -4.43. The van der Waals surface area contributed by atoms with E-state index in [-0.39, 0.29) is 5.56 Å². The molecule has 31 heavy (non-hydrogen) atoms. The van der Waals surface area contributed by atoms with E-state index in [1.807, 2.05) is 24.3 Å². The van der Waals surface area contributed by atoms with E-state index in [0.29, 0.717) is 5.69 Å². The molecule has 0 saturated carbocycles. The molecule has 0 spiro atoms. The predicted octanol–water partition coefficient (Wildman–Crippen LogP) is 5.41. The number of carbonyl (C=O) groups excluding carboxylic acids is 1. The molecule has 1 aliphatic heterocycles. The molecule has 5 nitrogen and oxygen atoms in total. The molecule has 8 heteroatoms. The maximum Gasteiger partial charge on any atom is 0.416 e. The minimum absolute atomic E-state index is 0.149. The number of rotatable bonds is 4. The molecule has 0 unspecified atom stereocenters. The molecule has 1 fully saturated rings. The third kappa shape index (κ3) is 5.02. The molecule has 1 aromatic heterocycles. The number of piperidine rings is 1. The van der Waals surface area contributed by atoms with Crippen molar-refractivity contribution >= 4 is 17.4 Å². The zero-order chi connectivity index (χ0) is 21.8. The number of carbonyl (C=O) groups is 1. The highest BCUT2D eigenvalue weighted by Gasteiger charge is 2.30. The lowest BCUT2D eigenvalue weighted by Gasteiger charge is -2.27. The van der Waals surface area contributed by atoms with E-state index >= 15 is 0 Å². The van der Waals surface area contributed by atoms with Crippen LogP contribution < -0.4 is 10.2 Å². The monoisotopic (exact) mass is 426 g/mol. The molecule has 0 atom stereocenters. The number of nitrogens with one attached hydrogen (secondary N) is 1. The normalized spacial score (nSPS) is 14.4. The van der Waals surface area contributed by atoms with Crippen LogP contribution >= 0.6 is 0 Å². The summed E-state index contributed by atoms with van der Waals surface area (Å²) >= 11 is 0. The molecule has 1 amide bonds. The summed E-state index contributed by atoms with van der Waals surface area (Å²) in [6.07, 6.45) is -0.838. The number of alkyl halides is 3. The number of nitrogens with zero attached hydrogens (tertiary/aromatic N) is 3. The number of benzene rings is 2. The van der Waals surface area contributed by atoms with Crippen molar-refractivity contribution in [3.8, 4) is 11.3 Å². The highest BCUT2D eigenvalue weighted by Crippen LogP contribution is 2.29. The molecule has 3 aromatic rings. The molecule has 2 aromatic carbocycles. The van der Waals surface area contributed by atoms with Gasteiger partial charge in [-0.15, -0.1) is 10.2 Å². The van der Waals surface area contributed by atoms with Crippen molar-refractivity contribution in [2.75, 3.05) is 23.3 Å². The molecule has 2 heterocycles. The van der Waals surface area contributed by atoms with Gasteiger partial charge in [0.05, 0.1) is 11.3 Å². The van der Waals surface area contributed by atoms with Crippen LogP contribution in [-0.2, 0) is 6.18 Å². The first-order valence-electron chi connectivity index (χ1n) is 10.1.